The molecule has 2 N–H and O–H groups in total. The van der Waals surface area contributed by atoms with E-state index in [1.807, 2.05) is 26.1 Å². The third-order valence-corrected chi connectivity index (χ3v) is 6.26. The number of aromatic amines is 1. The number of anilines is 1. The van der Waals surface area contributed by atoms with E-state index < -0.39 is 10.1 Å². The molecule has 0 unspecified atom stereocenters. The Balaban J connectivity index is 1.49. The summed E-state index contributed by atoms with van der Waals surface area (Å²) in [5, 5.41) is 5.86. The molecule has 9 heteroatoms. The molecule has 0 amide bonds. The molecule has 1 aliphatic rings. The number of benzene rings is 1. The summed E-state index contributed by atoms with van der Waals surface area (Å²) < 4.78 is 30.8. The molecule has 28 heavy (non-hydrogen) atoms. The van der Waals surface area contributed by atoms with Crippen molar-refractivity contribution in [3.63, 3.8) is 0 Å². The first-order valence-electron chi connectivity index (χ1n) is 9.25. The number of nitrogens with one attached hydrogen (secondary N) is 2. The molecule has 0 radical (unpaired) electrons. The van der Waals surface area contributed by atoms with Crippen molar-refractivity contribution in [3.8, 4) is 0 Å². The van der Waals surface area contributed by atoms with Crippen molar-refractivity contribution < 1.29 is 12.7 Å². The van der Waals surface area contributed by atoms with E-state index in [0.717, 1.165) is 35.3 Å². The highest BCUT2D eigenvalue weighted by Crippen LogP contribution is 2.25. The minimum absolute atomic E-state index is 0.00375. The molecule has 148 valence electrons. The molecule has 3 aromatic rings. The summed E-state index contributed by atoms with van der Waals surface area (Å²) in [5.74, 6) is 0.729. The largest absolute Gasteiger partial charge is 0.365 e. The molecule has 0 spiro atoms. The van der Waals surface area contributed by atoms with Gasteiger partial charge >= 0.3 is 10.1 Å². The number of hydrogen-bond donors (Lipinski definition) is 2. The Kier molecular flexibility index (Phi) is 5.05. The Bertz CT molecular complexity index is 1060. The van der Waals surface area contributed by atoms with Crippen molar-refractivity contribution in [1.82, 2.24) is 20.0 Å². The SMILES string of the molecule is Cc1ccc(S(=O)(=O)ON2C[C@H](Nc3ncnc4[nH]ccc34)CC[C@@H]2C)cc1. The smallest absolute Gasteiger partial charge is 0.313 e. The average molecular weight is 401 g/mol. The van der Waals surface area contributed by atoms with Crippen LogP contribution in [0.2, 0.25) is 0 Å². The van der Waals surface area contributed by atoms with Crippen LogP contribution in [0.25, 0.3) is 11.0 Å². The first kappa shape index (κ1) is 18.9. The normalized spacial score (nSPS) is 21.1. The van der Waals surface area contributed by atoms with Crippen molar-refractivity contribution in [2.24, 2.45) is 0 Å². The van der Waals surface area contributed by atoms with E-state index in [1.54, 1.807) is 29.3 Å². The molecule has 0 saturated carbocycles. The van der Waals surface area contributed by atoms with Gasteiger partial charge in [-0.15, -0.1) is 0 Å². The van der Waals surface area contributed by atoms with Gasteiger partial charge in [-0.05, 0) is 44.9 Å². The Hall–Kier alpha value is -2.49. The lowest BCUT2D eigenvalue weighted by Gasteiger charge is -2.36. The first-order valence-corrected chi connectivity index (χ1v) is 10.7. The highest BCUT2D eigenvalue weighted by molar-refractivity contribution is 7.86. The molecule has 2 atom stereocenters. The standard InChI is InChI=1S/C19H23N5O3S/c1-13-3-7-16(8-4-13)28(25,26)27-24-11-15(6-5-14(24)2)23-19-17-9-10-20-18(17)21-12-22-19/h3-4,7-10,12,14-15H,5-6,11H2,1-2H3,(H2,20,21,22,23)/t14-,15+/m0/s1. The lowest BCUT2D eigenvalue weighted by molar-refractivity contribution is -0.103. The van der Waals surface area contributed by atoms with Crippen LogP contribution in [0.3, 0.4) is 0 Å². The molecule has 1 fully saturated rings. The molecule has 0 aliphatic carbocycles. The fraction of sp³-hybridized carbons (Fsp3) is 0.368. The number of H-pyrrole nitrogens is 1. The van der Waals surface area contributed by atoms with Crippen LogP contribution in [0.4, 0.5) is 5.82 Å². The first-order chi connectivity index (χ1) is 13.4. The number of aryl methyl sites for hydroxylation is 1. The molecule has 8 nitrogen and oxygen atoms in total. The summed E-state index contributed by atoms with van der Waals surface area (Å²) in [6.45, 7) is 4.31. The lowest BCUT2D eigenvalue weighted by Crippen LogP contribution is -2.47. The zero-order chi connectivity index (χ0) is 19.7. The van der Waals surface area contributed by atoms with Crippen LogP contribution in [0.1, 0.15) is 25.3 Å². The number of hydrogen-bond acceptors (Lipinski definition) is 7. The number of fused-ring (bicyclic) bond motifs is 1. The third kappa shape index (κ3) is 3.87. The van der Waals surface area contributed by atoms with Gasteiger partial charge in [0.1, 0.15) is 17.8 Å². The van der Waals surface area contributed by atoms with Crippen molar-refractivity contribution in [2.75, 3.05) is 11.9 Å². The maximum absolute atomic E-state index is 12.7. The number of rotatable bonds is 5. The third-order valence-electron chi connectivity index (χ3n) is 5.02. The van der Waals surface area contributed by atoms with Gasteiger partial charge in [-0.2, -0.15) is 17.8 Å². The van der Waals surface area contributed by atoms with Crippen molar-refractivity contribution in [1.29, 1.82) is 0 Å². The highest BCUT2D eigenvalue weighted by atomic mass is 32.2. The van der Waals surface area contributed by atoms with Crippen LogP contribution in [-0.4, -0.2) is 47.1 Å². The van der Waals surface area contributed by atoms with E-state index in [4.69, 9.17) is 4.28 Å². The monoisotopic (exact) mass is 401 g/mol. The maximum Gasteiger partial charge on any atom is 0.313 e. The van der Waals surface area contributed by atoms with Gasteiger partial charge in [0.25, 0.3) is 0 Å². The fourth-order valence-electron chi connectivity index (χ4n) is 3.35. The quantitative estimate of drug-likeness (QED) is 0.678. The molecule has 0 bridgehead atoms. The number of piperidine rings is 1. The number of nitrogens with zero attached hydrogens (tertiary/aromatic N) is 3. The van der Waals surface area contributed by atoms with Crippen LogP contribution in [0.15, 0.2) is 47.8 Å². The van der Waals surface area contributed by atoms with Gasteiger partial charge < -0.3 is 10.3 Å². The number of hydroxylamine groups is 2. The molecule has 2 aromatic heterocycles. The van der Waals surface area contributed by atoms with E-state index in [0.29, 0.717) is 6.54 Å². The molecular formula is C19H23N5O3S. The molecule has 1 aromatic carbocycles. The Morgan fingerprint density at radius 1 is 1.18 bits per heavy atom. The van der Waals surface area contributed by atoms with Crippen molar-refractivity contribution in [2.45, 2.75) is 43.7 Å². The van der Waals surface area contributed by atoms with Crippen LogP contribution in [-0.2, 0) is 14.4 Å². The van der Waals surface area contributed by atoms with Crippen LogP contribution < -0.4 is 5.32 Å². The summed E-state index contributed by atoms with van der Waals surface area (Å²) >= 11 is 0. The minimum atomic E-state index is -3.86. The van der Waals surface area contributed by atoms with Gasteiger partial charge in [-0.25, -0.2) is 9.97 Å². The molecule has 1 saturated heterocycles. The molecular weight excluding hydrogens is 378 g/mol. The summed E-state index contributed by atoms with van der Waals surface area (Å²) in [6, 6.07) is 8.58. The van der Waals surface area contributed by atoms with Gasteiger partial charge in [-0.3, -0.25) is 0 Å². The molecule has 4 rings (SSSR count). The van der Waals surface area contributed by atoms with Gasteiger partial charge in [0, 0.05) is 24.8 Å². The Labute approximate surface area is 164 Å². The van der Waals surface area contributed by atoms with E-state index in [9.17, 15) is 8.42 Å². The fourth-order valence-corrected chi connectivity index (χ4v) is 4.37. The van der Waals surface area contributed by atoms with Crippen molar-refractivity contribution >= 4 is 27.0 Å². The average Bonchev–Trinajstić information content (AvgIpc) is 3.14. The van der Waals surface area contributed by atoms with Gasteiger partial charge in [0.05, 0.1) is 10.3 Å². The molecule has 3 heterocycles. The van der Waals surface area contributed by atoms with Gasteiger partial charge in [0.15, 0.2) is 0 Å². The highest BCUT2D eigenvalue weighted by Gasteiger charge is 2.31. The molecule has 1 aliphatic heterocycles. The summed E-state index contributed by atoms with van der Waals surface area (Å²) in [4.78, 5) is 11.7. The van der Waals surface area contributed by atoms with Crippen LogP contribution in [0.5, 0.6) is 0 Å². The second-order valence-corrected chi connectivity index (χ2v) is 8.70. The summed E-state index contributed by atoms with van der Waals surface area (Å²) in [6.07, 6.45) is 5.02. The van der Waals surface area contributed by atoms with Crippen molar-refractivity contribution in [3.05, 3.63) is 48.4 Å². The zero-order valence-corrected chi connectivity index (χ0v) is 16.6. The topological polar surface area (TPSA) is 100 Å². The Morgan fingerprint density at radius 2 is 1.96 bits per heavy atom. The zero-order valence-electron chi connectivity index (χ0n) is 15.8. The van der Waals surface area contributed by atoms with Gasteiger partial charge in [-0.1, -0.05) is 17.7 Å². The van der Waals surface area contributed by atoms with Gasteiger partial charge in [0.2, 0.25) is 0 Å². The van der Waals surface area contributed by atoms with Crippen LogP contribution >= 0.6 is 0 Å². The second-order valence-electron chi connectivity index (χ2n) is 7.17. The maximum atomic E-state index is 12.7. The summed E-state index contributed by atoms with van der Waals surface area (Å²) in [5.41, 5.74) is 1.76. The van der Waals surface area contributed by atoms with Crippen LogP contribution in [0, 0.1) is 6.92 Å². The van der Waals surface area contributed by atoms with E-state index in [2.05, 4.69) is 20.3 Å². The van der Waals surface area contributed by atoms with E-state index in [-0.39, 0.29) is 17.0 Å². The van der Waals surface area contributed by atoms with E-state index >= 15 is 0 Å². The number of aromatic nitrogens is 3. The second kappa shape index (κ2) is 7.50. The lowest BCUT2D eigenvalue weighted by atomic mass is 10.0. The minimum Gasteiger partial charge on any atom is -0.365 e. The Morgan fingerprint density at radius 3 is 2.75 bits per heavy atom. The predicted molar refractivity (Wildman–Crippen MR) is 106 cm³/mol. The predicted octanol–water partition coefficient (Wildman–Crippen LogP) is 2.85. The summed E-state index contributed by atoms with van der Waals surface area (Å²) in [7, 11) is -3.86. The van der Waals surface area contributed by atoms with E-state index in [1.165, 1.54) is 6.33 Å².